The van der Waals surface area contributed by atoms with Crippen molar-refractivity contribution in [1.29, 1.82) is 0 Å². The topological polar surface area (TPSA) is 26.3 Å². The molecule has 2 heteroatoms. The first-order chi connectivity index (χ1) is 7.24. The molecule has 0 bridgehead atoms. The molecule has 0 fully saturated rings. The Balaban J connectivity index is 2.58. The van der Waals surface area contributed by atoms with Crippen LogP contribution in [0.2, 0.25) is 0 Å². The van der Waals surface area contributed by atoms with Crippen LogP contribution in [0.4, 0.5) is 0 Å². The van der Waals surface area contributed by atoms with Crippen molar-refractivity contribution in [2.45, 2.75) is 20.3 Å². The van der Waals surface area contributed by atoms with Gasteiger partial charge in [-0.1, -0.05) is 31.2 Å². The molecule has 0 amide bonds. The number of hydrogen-bond acceptors (Lipinski definition) is 2. The van der Waals surface area contributed by atoms with Crippen LogP contribution in [0.3, 0.4) is 0 Å². The van der Waals surface area contributed by atoms with Crippen LogP contribution >= 0.6 is 0 Å². The van der Waals surface area contributed by atoms with Gasteiger partial charge in [-0.05, 0) is 30.5 Å². The van der Waals surface area contributed by atoms with Gasteiger partial charge < -0.3 is 4.74 Å². The van der Waals surface area contributed by atoms with Crippen molar-refractivity contribution in [3.8, 4) is 0 Å². The maximum absolute atomic E-state index is 11.2. The predicted octanol–water partition coefficient (Wildman–Crippen LogP) is 2.96. The second kappa shape index (κ2) is 6.02. The van der Waals surface area contributed by atoms with E-state index in [4.69, 9.17) is 4.74 Å². The summed E-state index contributed by atoms with van der Waals surface area (Å²) >= 11 is 0. The summed E-state index contributed by atoms with van der Waals surface area (Å²) in [4.78, 5) is 11.2. The fourth-order valence-electron chi connectivity index (χ4n) is 1.18. The van der Waals surface area contributed by atoms with E-state index < -0.39 is 0 Å². The molecule has 0 saturated carbocycles. The summed E-state index contributed by atoms with van der Waals surface area (Å²) in [6.45, 7) is 4.46. The van der Waals surface area contributed by atoms with Crippen LogP contribution in [-0.2, 0) is 9.53 Å². The van der Waals surface area contributed by atoms with Gasteiger partial charge in [0.15, 0.2) is 0 Å². The fourth-order valence-corrected chi connectivity index (χ4v) is 1.18. The molecule has 0 aromatic heterocycles. The highest BCUT2D eigenvalue weighted by Crippen LogP contribution is 2.08. The molecule has 1 rings (SSSR count). The molecule has 1 aromatic carbocycles. The Labute approximate surface area is 90.6 Å². The zero-order valence-electron chi connectivity index (χ0n) is 9.19. The van der Waals surface area contributed by atoms with Gasteiger partial charge in [0.05, 0.1) is 6.61 Å². The first kappa shape index (κ1) is 11.5. The van der Waals surface area contributed by atoms with Crippen LogP contribution < -0.4 is 0 Å². The highest BCUT2D eigenvalue weighted by atomic mass is 16.5. The number of aryl methyl sites for hydroxylation is 1. The standard InChI is InChI=1S/C13H16O2/c1-3-10-15-13(14)9-8-12-7-5-4-6-11(12)2/h4-9H,3,10H2,1-2H3/b9-8+. The predicted molar refractivity (Wildman–Crippen MR) is 61.5 cm³/mol. The summed E-state index contributed by atoms with van der Waals surface area (Å²) in [5.74, 6) is -0.278. The Hall–Kier alpha value is -1.57. The quantitative estimate of drug-likeness (QED) is 0.556. The number of benzene rings is 1. The van der Waals surface area contributed by atoms with E-state index in [1.807, 2.05) is 38.1 Å². The van der Waals surface area contributed by atoms with Crippen molar-refractivity contribution in [2.75, 3.05) is 6.61 Å². The number of carbonyl (C=O) groups excluding carboxylic acids is 1. The Morgan fingerprint density at radius 2 is 2.13 bits per heavy atom. The summed E-state index contributed by atoms with van der Waals surface area (Å²) in [5.41, 5.74) is 2.20. The SMILES string of the molecule is CCCOC(=O)/C=C/c1ccccc1C. The molecule has 0 unspecified atom stereocenters. The molecule has 0 spiro atoms. The molecule has 2 nitrogen and oxygen atoms in total. The zero-order chi connectivity index (χ0) is 11.1. The van der Waals surface area contributed by atoms with Gasteiger partial charge in [-0.3, -0.25) is 0 Å². The second-order valence-electron chi connectivity index (χ2n) is 3.36. The highest BCUT2D eigenvalue weighted by molar-refractivity contribution is 5.87. The van der Waals surface area contributed by atoms with E-state index >= 15 is 0 Å². The lowest BCUT2D eigenvalue weighted by Crippen LogP contribution is -2.00. The minimum absolute atomic E-state index is 0.278. The van der Waals surface area contributed by atoms with Crippen LogP contribution in [0.1, 0.15) is 24.5 Å². The van der Waals surface area contributed by atoms with E-state index in [-0.39, 0.29) is 5.97 Å². The van der Waals surface area contributed by atoms with Gasteiger partial charge in [-0.25, -0.2) is 4.79 Å². The minimum Gasteiger partial charge on any atom is -0.463 e. The average Bonchev–Trinajstić information content (AvgIpc) is 2.25. The second-order valence-corrected chi connectivity index (χ2v) is 3.36. The maximum Gasteiger partial charge on any atom is 0.330 e. The van der Waals surface area contributed by atoms with Gasteiger partial charge in [-0.2, -0.15) is 0 Å². The molecule has 0 heterocycles. The van der Waals surface area contributed by atoms with Crippen molar-refractivity contribution in [3.05, 3.63) is 41.5 Å². The Morgan fingerprint density at radius 3 is 2.80 bits per heavy atom. The van der Waals surface area contributed by atoms with Crippen LogP contribution in [0, 0.1) is 6.92 Å². The largest absolute Gasteiger partial charge is 0.463 e. The third-order valence-corrected chi connectivity index (χ3v) is 2.04. The monoisotopic (exact) mass is 204 g/mol. The van der Waals surface area contributed by atoms with E-state index in [9.17, 15) is 4.79 Å². The van der Waals surface area contributed by atoms with E-state index in [1.165, 1.54) is 6.08 Å². The summed E-state index contributed by atoms with van der Waals surface area (Å²) in [7, 11) is 0. The number of hydrogen-bond donors (Lipinski definition) is 0. The molecule has 1 aromatic rings. The fraction of sp³-hybridized carbons (Fsp3) is 0.308. The molecular weight excluding hydrogens is 188 g/mol. The Kier molecular flexibility index (Phi) is 4.61. The molecule has 0 radical (unpaired) electrons. The van der Waals surface area contributed by atoms with Gasteiger partial charge in [0.1, 0.15) is 0 Å². The maximum atomic E-state index is 11.2. The number of ether oxygens (including phenoxy) is 1. The Morgan fingerprint density at radius 1 is 1.40 bits per heavy atom. The van der Waals surface area contributed by atoms with E-state index in [1.54, 1.807) is 6.08 Å². The van der Waals surface area contributed by atoms with Crippen molar-refractivity contribution in [3.63, 3.8) is 0 Å². The molecule has 0 aliphatic rings. The summed E-state index contributed by atoms with van der Waals surface area (Å²) < 4.78 is 4.93. The highest BCUT2D eigenvalue weighted by Gasteiger charge is 1.96. The van der Waals surface area contributed by atoms with Crippen molar-refractivity contribution >= 4 is 12.0 Å². The number of rotatable bonds is 4. The lowest BCUT2D eigenvalue weighted by atomic mass is 10.1. The zero-order valence-corrected chi connectivity index (χ0v) is 9.19. The molecule has 0 N–H and O–H groups in total. The lowest BCUT2D eigenvalue weighted by molar-refractivity contribution is -0.137. The minimum atomic E-state index is -0.278. The third kappa shape index (κ3) is 3.98. The Bertz CT molecular complexity index is 353. The third-order valence-electron chi connectivity index (χ3n) is 2.04. The molecule has 0 atom stereocenters. The number of esters is 1. The summed E-state index contributed by atoms with van der Waals surface area (Å²) in [6.07, 6.45) is 4.11. The molecule has 0 aliphatic carbocycles. The van der Waals surface area contributed by atoms with Crippen LogP contribution in [0.15, 0.2) is 30.3 Å². The van der Waals surface area contributed by atoms with Gasteiger partial charge in [0.2, 0.25) is 0 Å². The first-order valence-corrected chi connectivity index (χ1v) is 5.14. The molecule has 80 valence electrons. The van der Waals surface area contributed by atoms with Crippen LogP contribution in [-0.4, -0.2) is 12.6 Å². The number of carbonyl (C=O) groups is 1. The molecule has 15 heavy (non-hydrogen) atoms. The van der Waals surface area contributed by atoms with Crippen LogP contribution in [0.25, 0.3) is 6.08 Å². The van der Waals surface area contributed by atoms with Gasteiger partial charge >= 0.3 is 5.97 Å². The van der Waals surface area contributed by atoms with Gasteiger partial charge in [-0.15, -0.1) is 0 Å². The van der Waals surface area contributed by atoms with E-state index in [0.717, 1.165) is 17.5 Å². The van der Waals surface area contributed by atoms with Crippen molar-refractivity contribution in [2.24, 2.45) is 0 Å². The lowest BCUT2D eigenvalue weighted by Gasteiger charge is -1.99. The molecule has 0 saturated heterocycles. The summed E-state index contributed by atoms with van der Waals surface area (Å²) in [5, 5.41) is 0. The smallest absolute Gasteiger partial charge is 0.330 e. The van der Waals surface area contributed by atoms with Crippen molar-refractivity contribution < 1.29 is 9.53 Å². The normalized spacial score (nSPS) is 10.5. The van der Waals surface area contributed by atoms with E-state index in [2.05, 4.69) is 0 Å². The summed E-state index contributed by atoms with van der Waals surface area (Å²) in [6, 6.07) is 7.90. The average molecular weight is 204 g/mol. The van der Waals surface area contributed by atoms with Gasteiger partial charge in [0.25, 0.3) is 0 Å². The molecule has 0 aliphatic heterocycles. The van der Waals surface area contributed by atoms with Gasteiger partial charge in [0, 0.05) is 6.08 Å². The first-order valence-electron chi connectivity index (χ1n) is 5.14. The van der Waals surface area contributed by atoms with Crippen LogP contribution in [0.5, 0.6) is 0 Å². The van der Waals surface area contributed by atoms with Crippen molar-refractivity contribution in [1.82, 2.24) is 0 Å². The molecular formula is C13H16O2. The van der Waals surface area contributed by atoms with E-state index in [0.29, 0.717) is 6.61 Å².